The predicted octanol–water partition coefficient (Wildman–Crippen LogP) is 3.92. The zero-order valence-electron chi connectivity index (χ0n) is 17.6. The van der Waals surface area contributed by atoms with Crippen molar-refractivity contribution in [1.29, 1.82) is 0 Å². The van der Waals surface area contributed by atoms with Gasteiger partial charge in [0.1, 0.15) is 0 Å². The molecule has 0 bridgehead atoms. The van der Waals surface area contributed by atoms with Gasteiger partial charge in [-0.25, -0.2) is 4.98 Å². The molecule has 0 saturated carbocycles. The van der Waals surface area contributed by atoms with Crippen molar-refractivity contribution >= 4 is 34.0 Å². The van der Waals surface area contributed by atoms with Crippen LogP contribution in [0.2, 0.25) is 0 Å². The summed E-state index contributed by atoms with van der Waals surface area (Å²) in [6.45, 7) is -0.183. The molecule has 33 heavy (non-hydrogen) atoms. The van der Waals surface area contributed by atoms with Gasteiger partial charge in [-0.3, -0.25) is 9.59 Å². The Morgan fingerprint density at radius 3 is 2.39 bits per heavy atom. The second kappa shape index (κ2) is 10.1. The van der Waals surface area contributed by atoms with Crippen molar-refractivity contribution in [2.24, 2.45) is 0 Å². The second-order valence-corrected chi connectivity index (χ2v) is 8.19. The fraction of sp³-hybridized carbons (Fsp3) is 0.0800. The van der Waals surface area contributed by atoms with E-state index in [-0.39, 0.29) is 25.0 Å². The number of carbonyl (C=O) groups excluding carboxylic acids is 2. The van der Waals surface area contributed by atoms with Crippen LogP contribution in [0, 0.1) is 0 Å². The molecule has 0 fully saturated rings. The number of carbonyl (C=O) groups is 2. The Bertz CT molecular complexity index is 1280. The fourth-order valence-electron chi connectivity index (χ4n) is 3.23. The first-order valence-corrected chi connectivity index (χ1v) is 11.1. The summed E-state index contributed by atoms with van der Waals surface area (Å²) >= 11 is 1.31. The van der Waals surface area contributed by atoms with Gasteiger partial charge in [0.2, 0.25) is 5.91 Å². The van der Waals surface area contributed by atoms with Gasteiger partial charge in [-0.2, -0.15) is 0 Å². The van der Waals surface area contributed by atoms with E-state index in [1.807, 2.05) is 53.9 Å². The molecule has 0 unspecified atom stereocenters. The number of amides is 2. The third kappa shape index (κ3) is 5.62. The Hall–Kier alpha value is -4.01. The lowest BCUT2D eigenvalue weighted by Crippen LogP contribution is -2.32. The molecule has 1 heterocycles. The van der Waals surface area contributed by atoms with E-state index in [1.165, 1.54) is 11.3 Å². The lowest BCUT2D eigenvalue weighted by atomic mass is 10.0. The van der Waals surface area contributed by atoms with Crippen LogP contribution < -0.4 is 16.4 Å². The molecule has 7 nitrogen and oxygen atoms in total. The van der Waals surface area contributed by atoms with Gasteiger partial charge in [0.05, 0.1) is 18.8 Å². The van der Waals surface area contributed by atoms with E-state index in [0.29, 0.717) is 16.4 Å². The molecule has 0 radical (unpaired) electrons. The van der Waals surface area contributed by atoms with Crippen LogP contribution in [0.25, 0.3) is 22.4 Å². The van der Waals surface area contributed by atoms with E-state index >= 15 is 0 Å². The molecule has 0 saturated heterocycles. The van der Waals surface area contributed by atoms with Crippen LogP contribution in [0.1, 0.15) is 15.9 Å². The molecule has 166 valence electrons. The number of rotatable bonds is 7. The van der Waals surface area contributed by atoms with Crippen LogP contribution in [0.3, 0.4) is 0 Å². The Balaban J connectivity index is 1.39. The summed E-state index contributed by atoms with van der Waals surface area (Å²) in [5.41, 5.74) is 11.1. The van der Waals surface area contributed by atoms with Crippen LogP contribution in [0.4, 0.5) is 10.8 Å². The van der Waals surface area contributed by atoms with Gasteiger partial charge in [0.25, 0.3) is 5.91 Å². The van der Waals surface area contributed by atoms with Gasteiger partial charge in [-0.1, -0.05) is 36.4 Å². The average molecular weight is 459 g/mol. The molecule has 5 N–H and O–H groups in total. The molecule has 3 aromatic carbocycles. The first-order chi connectivity index (χ1) is 16.0. The highest BCUT2D eigenvalue weighted by Gasteiger charge is 2.11. The number of hydrogen-bond acceptors (Lipinski definition) is 6. The molecular weight excluding hydrogens is 436 g/mol. The minimum absolute atomic E-state index is 0.0108. The van der Waals surface area contributed by atoms with Crippen LogP contribution in [0.15, 0.2) is 78.2 Å². The maximum Gasteiger partial charge on any atom is 0.251 e. The first-order valence-electron chi connectivity index (χ1n) is 10.2. The smallest absolute Gasteiger partial charge is 0.251 e. The maximum atomic E-state index is 12.2. The van der Waals surface area contributed by atoms with E-state index in [4.69, 9.17) is 5.73 Å². The number of nitrogens with zero attached hydrogens (tertiary/aromatic N) is 1. The van der Waals surface area contributed by atoms with Crippen molar-refractivity contribution in [3.8, 4) is 22.4 Å². The number of thiazole rings is 1. The van der Waals surface area contributed by atoms with E-state index in [1.54, 1.807) is 24.3 Å². The van der Waals surface area contributed by atoms with Crippen molar-refractivity contribution in [2.45, 2.75) is 6.61 Å². The Morgan fingerprint density at radius 2 is 1.64 bits per heavy atom. The minimum atomic E-state index is -0.366. The van der Waals surface area contributed by atoms with Crippen molar-refractivity contribution in [3.05, 3.63) is 89.3 Å². The number of nitrogens with two attached hydrogens (primary N) is 1. The Morgan fingerprint density at radius 1 is 0.939 bits per heavy atom. The number of aliphatic hydroxyl groups excluding tert-OH is 1. The summed E-state index contributed by atoms with van der Waals surface area (Å²) in [4.78, 5) is 28.9. The number of nitrogens with one attached hydrogen (secondary N) is 2. The van der Waals surface area contributed by atoms with Crippen molar-refractivity contribution < 1.29 is 14.7 Å². The van der Waals surface area contributed by atoms with Crippen molar-refractivity contribution in [3.63, 3.8) is 0 Å². The van der Waals surface area contributed by atoms with Crippen molar-refractivity contribution in [2.75, 3.05) is 17.6 Å². The van der Waals surface area contributed by atoms with Gasteiger partial charge in [-0.05, 0) is 53.1 Å². The molecule has 8 heteroatoms. The molecule has 0 atom stereocenters. The number of hydrogen-bond donors (Lipinski definition) is 4. The third-order valence-electron chi connectivity index (χ3n) is 4.93. The summed E-state index contributed by atoms with van der Waals surface area (Å²) < 4.78 is 0. The minimum Gasteiger partial charge on any atom is -0.399 e. The van der Waals surface area contributed by atoms with Crippen molar-refractivity contribution in [1.82, 2.24) is 10.3 Å². The molecule has 4 aromatic rings. The van der Waals surface area contributed by atoms with Crippen LogP contribution in [-0.4, -0.2) is 28.4 Å². The highest BCUT2D eigenvalue weighted by molar-refractivity contribution is 7.14. The lowest BCUT2D eigenvalue weighted by Gasteiger charge is -2.06. The number of benzene rings is 3. The van der Waals surface area contributed by atoms with Gasteiger partial charge in [0, 0.05) is 22.2 Å². The standard InChI is InChI=1S/C25H22N4O3S/c26-21-9-7-17(8-10-21)24(32)27-13-23(31)29-25-28-22(15-33-25)20-6-2-5-19(12-20)18-4-1-3-16(11-18)14-30/h1-12,15,30H,13-14,26H2,(H,27,32)(H,28,29,31). The summed E-state index contributed by atoms with van der Waals surface area (Å²) in [7, 11) is 0. The maximum absolute atomic E-state index is 12.2. The van der Waals surface area contributed by atoms with Gasteiger partial charge in [-0.15, -0.1) is 11.3 Å². The van der Waals surface area contributed by atoms with E-state index in [9.17, 15) is 14.7 Å². The molecule has 0 spiro atoms. The van der Waals surface area contributed by atoms with E-state index in [2.05, 4.69) is 15.6 Å². The molecule has 2 amide bonds. The van der Waals surface area contributed by atoms with Gasteiger partial charge < -0.3 is 21.5 Å². The number of anilines is 2. The highest BCUT2D eigenvalue weighted by atomic mass is 32.1. The lowest BCUT2D eigenvalue weighted by molar-refractivity contribution is -0.115. The Labute approximate surface area is 194 Å². The highest BCUT2D eigenvalue weighted by Crippen LogP contribution is 2.29. The molecule has 4 rings (SSSR count). The van der Waals surface area contributed by atoms with Gasteiger partial charge in [0.15, 0.2) is 5.13 Å². The molecule has 0 aliphatic heterocycles. The largest absolute Gasteiger partial charge is 0.399 e. The summed E-state index contributed by atoms with van der Waals surface area (Å²) in [6.07, 6.45) is 0. The van der Waals surface area contributed by atoms with Gasteiger partial charge >= 0.3 is 0 Å². The van der Waals surface area contributed by atoms with Crippen LogP contribution in [0.5, 0.6) is 0 Å². The van der Waals surface area contributed by atoms with E-state index in [0.717, 1.165) is 27.9 Å². The topological polar surface area (TPSA) is 117 Å². The predicted molar refractivity (Wildman–Crippen MR) is 131 cm³/mol. The molecule has 0 aliphatic carbocycles. The zero-order valence-corrected chi connectivity index (χ0v) is 18.4. The molecule has 1 aromatic heterocycles. The normalized spacial score (nSPS) is 10.6. The monoisotopic (exact) mass is 458 g/mol. The first kappa shape index (κ1) is 22.2. The van der Waals surface area contributed by atoms with Crippen LogP contribution >= 0.6 is 11.3 Å². The third-order valence-corrected chi connectivity index (χ3v) is 5.69. The molecular formula is C25H22N4O3S. The SMILES string of the molecule is Nc1ccc(C(=O)NCC(=O)Nc2nc(-c3cccc(-c4cccc(CO)c4)c3)cs2)cc1. The zero-order chi connectivity index (χ0) is 23.2. The number of nitrogen functional groups attached to an aromatic ring is 1. The second-order valence-electron chi connectivity index (χ2n) is 7.33. The summed E-state index contributed by atoms with van der Waals surface area (Å²) in [5.74, 6) is -0.721. The average Bonchev–Trinajstić information content (AvgIpc) is 3.31. The van der Waals surface area contributed by atoms with E-state index < -0.39 is 0 Å². The number of aromatic nitrogens is 1. The van der Waals surface area contributed by atoms with Crippen LogP contribution in [-0.2, 0) is 11.4 Å². The number of aliphatic hydroxyl groups is 1. The fourth-order valence-corrected chi connectivity index (χ4v) is 3.97. The quantitative estimate of drug-likeness (QED) is 0.313. The summed E-state index contributed by atoms with van der Waals surface area (Å²) in [5, 5.41) is 17.0. The summed E-state index contributed by atoms with van der Waals surface area (Å²) in [6, 6.07) is 22.1. The Kier molecular flexibility index (Phi) is 6.77. The molecule has 0 aliphatic rings.